The summed E-state index contributed by atoms with van der Waals surface area (Å²) in [5.74, 6) is 1.74. The Hall–Kier alpha value is -0.0400. The van der Waals surface area contributed by atoms with Crippen molar-refractivity contribution in [1.29, 1.82) is 0 Å². The summed E-state index contributed by atoms with van der Waals surface area (Å²) in [6.45, 7) is 11.6. The molecule has 1 rings (SSSR count). The van der Waals surface area contributed by atoms with Gasteiger partial charge < -0.3 is 5.32 Å². The van der Waals surface area contributed by atoms with E-state index in [1.165, 1.54) is 19.3 Å². The van der Waals surface area contributed by atoms with Crippen LogP contribution in [0.3, 0.4) is 0 Å². The minimum Gasteiger partial charge on any atom is -0.309 e. The van der Waals surface area contributed by atoms with Crippen LogP contribution in [0.2, 0.25) is 0 Å². The van der Waals surface area contributed by atoms with Gasteiger partial charge in [-0.15, -0.1) is 0 Å². The van der Waals surface area contributed by atoms with Gasteiger partial charge in [-0.05, 0) is 39.0 Å². The molecule has 0 aromatic rings. The van der Waals surface area contributed by atoms with E-state index in [1.54, 1.807) is 0 Å². The van der Waals surface area contributed by atoms with Gasteiger partial charge in [0, 0.05) is 11.6 Å². The minimum absolute atomic E-state index is 0.274. The highest BCUT2D eigenvalue weighted by Gasteiger charge is 2.29. The van der Waals surface area contributed by atoms with Crippen molar-refractivity contribution in [2.24, 2.45) is 11.8 Å². The van der Waals surface area contributed by atoms with Crippen LogP contribution in [-0.2, 0) is 0 Å². The molecule has 1 saturated carbocycles. The fraction of sp³-hybridized carbons (Fsp3) is 1.00. The summed E-state index contributed by atoms with van der Waals surface area (Å²) in [5.41, 5.74) is 0.274. The maximum absolute atomic E-state index is 3.74. The molecule has 0 radical (unpaired) electrons. The van der Waals surface area contributed by atoms with Crippen LogP contribution in [0.25, 0.3) is 0 Å². The van der Waals surface area contributed by atoms with Crippen LogP contribution in [0.15, 0.2) is 0 Å². The Morgan fingerprint density at radius 2 is 1.69 bits per heavy atom. The summed E-state index contributed by atoms with van der Waals surface area (Å²) in [4.78, 5) is 0. The monoisotopic (exact) mass is 183 g/mol. The third-order valence-corrected chi connectivity index (χ3v) is 3.33. The number of nitrogens with one attached hydrogen (secondary N) is 1. The zero-order valence-electron chi connectivity index (χ0n) is 9.85. The first-order valence-electron chi connectivity index (χ1n) is 5.68. The lowest BCUT2D eigenvalue weighted by atomic mass is 9.77. The maximum Gasteiger partial charge on any atom is 0.0100 e. The van der Waals surface area contributed by atoms with Crippen molar-refractivity contribution in [2.75, 3.05) is 0 Å². The summed E-state index contributed by atoms with van der Waals surface area (Å²) in [7, 11) is 0. The minimum atomic E-state index is 0.274. The molecule has 0 aromatic heterocycles. The van der Waals surface area contributed by atoms with Crippen molar-refractivity contribution >= 4 is 0 Å². The van der Waals surface area contributed by atoms with Gasteiger partial charge >= 0.3 is 0 Å². The molecule has 0 aliphatic heterocycles. The van der Waals surface area contributed by atoms with Crippen LogP contribution in [-0.4, -0.2) is 11.6 Å². The van der Waals surface area contributed by atoms with Crippen molar-refractivity contribution in [1.82, 2.24) is 5.32 Å². The highest BCUT2D eigenvalue weighted by atomic mass is 15.0. The molecule has 0 amide bonds. The Kier molecular flexibility index (Phi) is 3.39. The highest BCUT2D eigenvalue weighted by Crippen LogP contribution is 2.30. The second kappa shape index (κ2) is 4.00. The molecule has 0 heterocycles. The van der Waals surface area contributed by atoms with Gasteiger partial charge in [-0.1, -0.05) is 26.7 Å². The van der Waals surface area contributed by atoms with Gasteiger partial charge in [0.15, 0.2) is 0 Å². The van der Waals surface area contributed by atoms with Crippen LogP contribution in [0.4, 0.5) is 0 Å². The fourth-order valence-corrected chi connectivity index (χ4v) is 2.34. The van der Waals surface area contributed by atoms with Crippen LogP contribution < -0.4 is 5.32 Å². The van der Waals surface area contributed by atoms with Gasteiger partial charge in [0.05, 0.1) is 0 Å². The van der Waals surface area contributed by atoms with E-state index in [1.807, 2.05) is 0 Å². The average molecular weight is 183 g/mol. The lowest BCUT2D eigenvalue weighted by molar-refractivity contribution is 0.177. The molecule has 0 spiro atoms. The second-order valence-electron chi connectivity index (χ2n) is 5.77. The number of hydrogen-bond donors (Lipinski definition) is 1. The zero-order chi connectivity index (χ0) is 10.1. The Bertz CT molecular complexity index is 157. The lowest BCUT2D eigenvalue weighted by Gasteiger charge is -2.39. The molecule has 0 bridgehead atoms. The molecule has 13 heavy (non-hydrogen) atoms. The van der Waals surface area contributed by atoms with E-state index in [-0.39, 0.29) is 5.54 Å². The van der Waals surface area contributed by atoms with Crippen LogP contribution in [0.1, 0.15) is 53.9 Å². The summed E-state index contributed by atoms with van der Waals surface area (Å²) in [5, 5.41) is 3.74. The Morgan fingerprint density at radius 1 is 1.08 bits per heavy atom. The van der Waals surface area contributed by atoms with Gasteiger partial charge in [0.1, 0.15) is 0 Å². The first-order valence-corrected chi connectivity index (χ1v) is 5.68. The van der Waals surface area contributed by atoms with Crippen LogP contribution >= 0.6 is 0 Å². The van der Waals surface area contributed by atoms with Crippen molar-refractivity contribution < 1.29 is 0 Å². The average Bonchev–Trinajstić information content (AvgIpc) is 1.96. The van der Waals surface area contributed by atoms with Crippen molar-refractivity contribution in [3.63, 3.8) is 0 Å². The quantitative estimate of drug-likeness (QED) is 0.658. The Morgan fingerprint density at radius 3 is 2.23 bits per heavy atom. The molecular formula is C12H25N. The number of rotatable bonds is 1. The van der Waals surface area contributed by atoms with Crippen LogP contribution in [0, 0.1) is 11.8 Å². The molecule has 78 valence electrons. The topological polar surface area (TPSA) is 12.0 Å². The van der Waals surface area contributed by atoms with Crippen molar-refractivity contribution in [3.8, 4) is 0 Å². The summed E-state index contributed by atoms with van der Waals surface area (Å²) < 4.78 is 0. The van der Waals surface area contributed by atoms with Gasteiger partial charge in [0.2, 0.25) is 0 Å². The smallest absolute Gasteiger partial charge is 0.0100 e. The molecule has 0 aromatic carbocycles. The van der Waals surface area contributed by atoms with Gasteiger partial charge in [-0.25, -0.2) is 0 Å². The van der Waals surface area contributed by atoms with Gasteiger partial charge in [-0.2, -0.15) is 0 Å². The normalized spacial score (nSPS) is 36.2. The van der Waals surface area contributed by atoms with E-state index in [0.717, 1.165) is 17.9 Å². The SMILES string of the molecule is CC1CCCC(NC(C)(C)C)C1C. The van der Waals surface area contributed by atoms with Crippen LogP contribution in [0.5, 0.6) is 0 Å². The molecule has 1 heteroatoms. The molecule has 3 atom stereocenters. The van der Waals surface area contributed by atoms with Crippen molar-refractivity contribution in [3.05, 3.63) is 0 Å². The molecule has 0 saturated heterocycles. The van der Waals surface area contributed by atoms with E-state index in [9.17, 15) is 0 Å². The molecule has 1 N–H and O–H groups in total. The van der Waals surface area contributed by atoms with Gasteiger partial charge in [0.25, 0.3) is 0 Å². The molecule has 3 unspecified atom stereocenters. The highest BCUT2D eigenvalue weighted by molar-refractivity contribution is 4.86. The third-order valence-electron chi connectivity index (χ3n) is 3.33. The molecule has 1 fully saturated rings. The van der Waals surface area contributed by atoms with E-state index < -0.39 is 0 Å². The van der Waals surface area contributed by atoms with E-state index in [2.05, 4.69) is 39.9 Å². The lowest BCUT2D eigenvalue weighted by Crippen LogP contribution is -2.49. The largest absolute Gasteiger partial charge is 0.309 e. The van der Waals surface area contributed by atoms with Crippen molar-refractivity contribution in [2.45, 2.75) is 65.5 Å². The number of hydrogen-bond acceptors (Lipinski definition) is 1. The summed E-state index contributed by atoms with van der Waals surface area (Å²) >= 11 is 0. The third kappa shape index (κ3) is 3.30. The standard InChI is InChI=1S/C12H25N/c1-9-7-6-8-11(10(9)2)13-12(3,4)5/h9-11,13H,6-8H2,1-5H3. The molecule has 1 aliphatic carbocycles. The van der Waals surface area contributed by atoms with E-state index in [4.69, 9.17) is 0 Å². The maximum atomic E-state index is 3.74. The van der Waals surface area contributed by atoms with E-state index >= 15 is 0 Å². The molecule has 1 nitrogen and oxygen atoms in total. The predicted molar refractivity (Wildman–Crippen MR) is 58.9 cm³/mol. The first-order chi connectivity index (χ1) is 5.90. The Labute approximate surface area is 83.3 Å². The summed E-state index contributed by atoms with van der Waals surface area (Å²) in [6, 6.07) is 0.740. The summed E-state index contributed by atoms with van der Waals surface area (Å²) in [6.07, 6.45) is 4.19. The van der Waals surface area contributed by atoms with E-state index in [0.29, 0.717) is 0 Å². The molecule has 1 aliphatic rings. The first kappa shape index (κ1) is 11.0. The fourth-order valence-electron chi connectivity index (χ4n) is 2.34. The predicted octanol–water partition coefficient (Wildman–Crippen LogP) is 3.20. The zero-order valence-corrected chi connectivity index (χ0v) is 9.85. The molecular weight excluding hydrogens is 158 g/mol. The van der Waals surface area contributed by atoms with Gasteiger partial charge in [-0.3, -0.25) is 0 Å². The Balaban J connectivity index is 2.49. The second-order valence-corrected chi connectivity index (χ2v) is 5.77.